The maximum absolute atomic E-state index is 8.62. The van der Waals surface area contributed by atoms with E-state index in [0.29, 0.717) is 25.5 Å². The molecule has 0 aliphatic heterocycles. The first-order valence-corrected chi connectivity index (χ1v) is 5.97. The highest BCUT2D eigenvalue weighted by molar-refractivity contribution is 6.17. The lowest BCUT2D eigenvalue weighted by Gasteiger charge is -2.22. The second-order valence-electron chi connectivity index (χ2n) is 3.55. The van der Waals surface area contributed by atoms with E-state index < -0.39 is 0 Å². The van der Waals surface area contributed by atoms with E-state index in [9.17, 15) is 0 Å². The molecule has 5 heteroatoms. The van der Waals surface area contributed by atoms with Gasteiger partial charge in [-0.15, -0.1) is 11.6 Å². The summed E-state index contributed by atoms with van der Waals surface area (Å²) >= 11 is 5.71. The predicted octanol–water partition coefficient (Wildman–Crippen LogP) is 2.19. The lowest BCUT2D eigenvalue weighted by atomic mass is 10.3. The second-order valence-corrected chi connectivity index (χ2v) is 3.81. The molecule has 0 saturated heterocycles. The first kappa shape index (κ1) is 13.8. The van der Waals surface area contributed by atoms with Gasteiger partial charge in [0.1, 0.15) is 5.82 Å². The van der Waals surface area contributed by atoms with Crippen LogP contribution in [0.1, 0.15) is 12.0 Å². The number of nitrogens with zero attached hydrogens (tertiary/aromatic N) is 3. The molecular formula is C12H16ClN3O. The molecule has 0 radical (unpaired) electrons. The number of hydrogen-bond donors (Lipinski definition) is 0. The van der Waals surface area contributed by atoms with Gasteiger partial charge in [-0.1, -0.05) is 6.07 Å². The summed E-state index contributed by atoms with van der Waals surface area (Å²) in [6.07, 6.45) is 2.23. The number of rotatable bonds is 7. The molecular weight excluding hydrogens is 238 g/mol. The number of anilines is 1. The van der Waals surface area contributed by atoms with Crippen LogP contribution in [0.2, 0.25) is 0 Å². The van der Waals surface area contributed by atoms with Crippen molar-refractivity contribution in [1.82, 2.24) is 4.98 Å². The van der Waals surface area contributed by atoms with Crippen LogP contribution in [0.15, 0.2) is 18.3 Å². The smallest absolute Gasteiger partial charge is 0.128 e. The van der Waals surface area contributed by atoms with E-state index in [-0.39, 0.29) is 0 Å². The fraction of sp³-hybridized carbons (Fsp3) is 0.500. The van der Waals surface area contributed by atoms with E-state index in [2.05, 4.69) is 11.1 Å². The molecule has 92 valence electrons. The Balaban J connectivity index is 2.69. The van der Waals surface area contributed by atoms with E-state index in [1.165, 1.54) is 0 Å². The van der Waals surface area contributed by atoms with Gasteiger partial charge in [0.15, 0.2) is 0 Å². The summed E-state index contributed by atoms with van der Waals surface area (Å²) in [5.41, 5.74) is 0.988. The lowest BCUT2D eigenvalue weighted by molar-refractivity contribution is 0.205. The highest BCUT2D eigenvalue weighted by atomic mass is 35.5. The van der Waals surface area contributed by atoms with Crippen molar-refractivity contribution < 1.29 is 4.74 Å². The quantitative estimate of drug-likeness (QED) is 0.699. The monoisotopic (exact) mass is 253 g/mol. The van der Waals surface area contributed by atoms with E-state index >= 15 is 0 Å². The zero-order chi connectivity index (χ0) is 12.5. The van der Waals surface area contributed by atoms with Crippen LogP contribution < -0.4 is 4.90 Å². The van der Waals surface area contributed by atoms with Crippen LogP contribution in [0, 0.1) is 11.3 Å². The Hall–Kier alpha value is -1.31. The van der Waals surface area contributed by atoms with Gasteiger partial charge in [0.05, 0.1) is 19.1 Å². The third-order valence-electron chi connectivity index (χ3n) is 2.35. The number of ether oxygens (including phenoxy) is 1. The summed E-state index contributed by atoms with van der Waals surface area (Å²) in [4.78, 5) is 6.36. The molecule has 1 rings (SSSR count). The molecule has 1 aromatic rings. The summed E-state index contributed by atoms with van der Waals surface area (Å²) in [6, 6.07) is 6.00. The van der Waals surface area contributed by atoms with E-state index in [1.54, 1.807) is 13.3 Å². The molecule has 0 bridgehead atoms. The second kappa shape index (κ2) is 7.88. The number of hydrogen-bond acceptors (Lipinski definition) is 4. The number of methoxy groups -OCH3 is 1. The van der Waals surface area contributed by atoms with Crippen molar-refractivity contribution in [3.8, 4) is 6.07 Å². The molecule has 17 heavy (non-hydrogen) atoms. The van der Waals surface area contributed by atoms with Crippen molar-refractivity contribution >= 4 is 17.4 Å². The van der Waals surface area contributed by atoms with Gasteiger partial charge >= 0.3 is 0 Å². The normalized spacial score (nSPS) is 9.94. The molecule has 0 aliphatic rings. The van der Waals surface area contributed by atoms with Crippen LogP contribution in [0.3, 0.4) is 0 Å². The first-order chi connectivity index (χ1) is 8.31. The largest absolute Gasteiger partial charge is 0.383 e. The summed E-state index contributed by atoms with van der Waals surface area (Å²) in [5, 5.41) is 8.62. The average Bonchev–Trinajstić information content (AvgIpc) is 2.39. The van der Waals surface area contributed by atoms with Gasteiger partial charge < -0.3 is 9.64 Å². The number of pyridine rings is 1. The highest BCUT2D eigenvalue weighted by Gasteiger charge is 2.07. The van der Waals surface area contributed by atoms with Crippen LogP contribution >= 0.6 is 11.6 Å². The highest BCUT2D eigenvalue weighted by Crippen LogP contribution is 2.12. The Labute approximate surface area is 107 Å². The third kappa shape index (κ3) is 4.59. The molecule has 0 aromatic carbocycles. The van der Waals surface area contributed by atoms with E-state index in [1.807, 2.05) is 17.0 Å². The number of alkyl halides is 1. The molecule has 1 aromatic heterocycles. The van der Waals surface area contributed by atoms with Gasteiger partial charge in [0, 0.05) is 32.3 Å². The molecule has 0 amide bonds. The van der Waals surface area contributed by atoms with Crippen LogP contribution in [-0.4, -0.2) is 31.8 Å². The van der Waals surface area contributed by atoms with Crippen LogP contribution in [0.25, 0.3) is 0 Å². The Bertz CT molecular complexity index is 361. The standard InChI is InChI=1S/C12H16ClN3O/c1-17-8-7-16(6-2-5-14)12-4-3-11(9-13)10-15-12/h3-4,10H,2,6-9H2,1H3. The topological polar surface area (TPSA) is 49.1 Å². The van der Waals surface area contributed by atoms with Gasteiger partial charge in [0.25, 0.3) is 0 Å². The summed E-state index contributed by atoms with van der Waals surface area (Å²) in [6.45, 7) is 2.00. The van der Waals surface area contributed by atoms with Crippen LogP contribution in [0.5, 0.6) is 0 Å². The van der Waals surface area contributed by atoms with Crippen molar-refractivity contribution in [3.63, 3.8) is 0 Å². The zero-order valence-corrected chi connectivity index (χ0v) is 10.7. The van der Waals surface area contributed by atoms with E-state index in [0.717, 1.165) is 17.9 Å². The first-order valence-electron chi connectivity index (χ1n) is 5.43. The Kier molecular flexibility index (Phi) is 6.38. The van der Waals surface area contributed by atoms with Crippen LogP contribution in [-0.2, 0) is 10.6 Å². The predicted molar refractivity (Wildman–Crippen MR) is 68.1 cm³/mol. The summed E-state index contributed by atoms with van der Waals surface area (Å²) in [5.74, 6) is 1.31. The molecule has 0 unspecified atom stereocenters. The molecule has 0 N–H and O–H groups in total. The molecule has 0 aliphatic carbocycles. The van der Waals surface area contributed by atoms with Crippen LogP contribution in [0.4, 0.5) is 5.82 Å². The van der Waals surface area contributed by atoms with Gasteiger partial charge in [-0.05, 0) is 11.6 Å². The minimum atomic E-state index is 0.462. The zero-order valence-electron chi connectivity index (χ0n) is 9.90. The maximum Gasteiger partial charge on any atom is 0.128 e. The van der Waals surface area contributed by atoms with E-state index in [4.69, 9.17) is 21.6 Å². The SMILES string of the molecule is COCCN(CCC#N)c1ccc(CCl)cn1. The van der Waals surface area contributed by atoms with Crippen molar-refractivity contribution in [2.45, 2.75) is 12.3 Å². The molecule has 4 nitrogen and oxygen atoms in total. The van der Waals surface area contributed by atoms with Crippen molar-refractivity contribution in [3.05, 3.63) is 23.9 Å². The molecule has 0 saturated carbocycles. The minimum Gasteiger partial charge on any atom is -0.383 e. The number of halogens is 1. The van der Waals surface area contributed by atoms with Crippen molar-refractivity contribution in [1.29, 1.82) is 5.26 Å². The fourth-order valence-electron chi connectivity index (χ4n) is 1.41. The Morgan fingerprint density at radius 1 is 1.47 bits per heavy atom. The molecule has 0 fully saturated rings. The third-order valence-corrected chi connectivity index (χ3v) is 2.65. The average molecular weight is 254 g/mol. The molecule has 0 atom stereocenters. The maximum atomic E-state index is 8.62. The lowest BCUT2D eigenvalue weighted by Crippen LogP contribution is -2.28. The minimum absolute atomic E-state index is 0.462. The summed E-state index contributed by atoms with van der Waals surface area (Å²) < 4.78 is 5.05. The Morgan fingerprint density at radius 2 is 2.29 bits per heavy atom. The summed E-state index contributed by atoms with van der Waals surface area (Å²) in [7, 11) is 1.66. The fourth-order valence-corrected chi connectivity index (χ4v) is 1.57. The van der Waals surface area contributed by atoms with Gasteiger partial charge in [-0.2, -0.15) is 5.26 Å². The van der Waals surface area contributed by atoms with Gasteiger partial charge in [-0.25, -0.2) is 4.98 Å². The van der Waals surface area contributed by atoms with Crippen molar-refractivity contribution in [2.75, 3.05) is 31.7 Å². The molecule has 1 heterocycles. The molecule has 0 spiro atoms. The van der Waals surface area contributed by atoms with Gasteiger partial charge in [0.2, 0.25) is 0 Å². The van der Waals surface area contributed by atoms with Gasteiger partial charge in [-0.3, -0.25) is 0 Å². The number of nitriles is 1. The van der Waals surface area contributed by atoms with Crippen molar-refractivity contribution in [2.24, 2.45) is 0 Å². The number of aromatic nitrogens is 1. The Morgan fingerprint density at radius 3 is 2.82 bits per heavy atom.